The standard InChI is InChI=1S/C12H12F2O.C12H14F2/c1-2-3-7-6-10(15)8-4-5-9(13)12(14)11(7)8;1-2-3-8-4-5-9-6-7-10(13)12(14)11(8)9/h4-5,7H,2-3,6H2,1H3;6-8H,2-5H2,1H3. The Morgan fingerprint density at radius 3 is 2.07 bits per heavy atom. The predicted octanol–water partition coefficient (Wildman–Crippen LogP) is 7.23. The number of halogens is 4. The van der Waals surface area contributed by atoms with E-state index in [4.69, 9.17) is 0 Å². The Morgan fingerprint density at radius 2 is 1.41 bits per heavy atom. The van der Waals surface area contributed by atoms with Crippen molar-refractivity contribution in [2.75, 3.05) is 0 Å². The van der Waals surface area contributed by atoms with Gasteiger partial charge in [0.25, 0.3) is 0 Å². The Kier molecular flexibility index (Phi) is 6.76. The monoisotopic (exact) mass is 406 g/mol. The second-order valence-corrected chi connectivity index (χ2v) is 7.89. The molecule has 4 rings (SSSR count). The third-order valence-corrected chi connectivity index (χ3v) is 5.94. The molecule has 0 aromatic heterocycles. The Hall–Kier alpha value is -2.17. The number of hydrogen-bond acceptors (Lipinski definition) is 1. The lowest BCUT2D eigenvalue weighted by molar-refractivity contribution is 0.0988. The molecule has 0 aliphatic heterocycles. The molecule has 5 heteroatoms. The highest BCUT2D eigenvalue weighted by atomic mass is 19.2. The lowest BCUT2D eigenvalue weighted by atomic mass is 9.96. The van der Waals surface area contributed by atoms with Crippen LogP contribution in [0.4, 0.5) is 17.6 Å². The summed E-state index contributed by atoms with van der Waals surface area (Å²) in [6.45, 7) is 4.05. The van der Waals surface area contributed by atoms with Gasteiger partial charge in [-0.15, -0.1) is 0 Å². The van der Waals surface area contributed by atoms with Gasteiger partial charge in [0.1, 0.15) is 0 Å². The third-order valence-electron chi connectivity index (χ3n) is 5.94. The Morgan fingerprint density at radius 1 is 0.828 bits per heavy atom. The lowest BCUT2D eigenvalue weighted by Crippen LogP contribution is -1.99. The number of hydrogen-bond donors (Lipinski definition) is 0. The minimum absolute atomic E-state index is 0.0673. The molecule has 0 bridgehead atoms. The Bertz CT molecular complexity index is 904. The number of aryl methyl sites for hydroxylation is 1. The first-order valence-electron chi connectivity index (χ1n) is 10.4. The maximum atomic E-state index is 13.5. The molecular weight excluding hydrogens is 380 g/mol. The Balaban J connectivity index is 0.000000166. The number of benzene rings is 2. The van der Waals surface area contributed by atoms with Crippen LogP contribution in [0.2, 0.25) is 0 Å². The van der Waals surface area contributed by atoms with Gasteiger partial charge in [-0.3, -0.25) is 4.79 Å². The number of rotatable bonds is 4. The first-order chi connectivity index (χ1) is 13.9. The van der Waals surface area contributed by atoms with Gasteiger partial charge in [0, 0.05) is 17.5 Å². The van der Waals surface area contributed by atoms with E-state index in [1.165, 1.54) is 12.1 Å². The fraction of sp³-hybridized carbons (Fsp3) is 0.458. The van der Waals surface area contributed by atoms with Gasteiger partial charge in [-0.05, 0) is 66.8 Å². The van der Waals surface area contributed by atoms with Crippen LogP contribution in [0.5, 0.6) is 0 Å². The van der Waals surface area contributed by atoms with Gasteiger partial charge in [-0.2, -0.15) is 0 Å². The number of carbonyl (C=O) groups excluding carboxylic acids is 1. The van der Waals surface area contributed by atoms with Crippen molar-refractivity contribution in [1.29, 1.82) is 0 Å². The van der Waals surface area contributed by atoms with E-state index in [1.807, 2.05) is 6.92 Å². The quantitative estimate of drug-likeness (QED) is 0.490. The zero-order valence-electron chi connectivity index (χ0n) is 16.8. The van der Waals surface area contributed by atoms with Crippen molar-refractivity contribution in [2.24, 2.45) is 0 Å². The van der Waals surface area contributed by atoms with E-state index in [1.54, 1.807) is 6.07 Å². The van der Waals surface area contributed by atoms with Crippen molar-refractivity contribution in [3.8, 4) is 0 Å². The van der Waals surface area contributed by atoms with Gasteiger partial charge in [0.05, 0.1) is 0 Å². The van der Waals surface area contributed by atoms with Crippen molar-refractivity contribution in [1.82, 2.24) is 0 Å². The summed E-state index contributed by atoms with van der Waals surface area (Å²) in [7, 11) is 0. The maximum Gasteiger partial charge on any atom is 0.163 e. The summed E-state index contributed by atoms with van der Waals surface area (Å²) in [5.41, 5.74) is 2.31. The van der Waals surface area contributed by atoms with Crippen molar-refractivity contribution in [3.63, 3.8) is 0 Å². The molecule has 0 saturated carbocycles. The van der Waals surface area contributed by atoms with Gasteiger partial charge in [0.15, 0.2) is 29.1 Å². The van der Waals surface area contributed by atoms with Gasteiger partial charge >= 0.3 is 0 Å². The minimum Gasteiger partial charge on any atom is -0.294 e. The highest BCUT2D eigenvalue weighted by Gasteiger charge is 2.32. The molecule has 0 fully saturated rings. The molecule has 2 atom stereocenters. The van der Waals surface area contributed by atoms with E-state index >= 15 is 0 Å². The van der Waals surface area contributed by atoms with E-state index in [-0.39, 0.29) is 17.6 Å². The first-order valence-corrected chi connectivity index (χ1v) is 10.4. The van der Waals surface area contributed by atoms with Gasteiger partial charge in [0.2, 0.25) is 0 Å². The van der Waals surface area contributed by atoms with E-state index in [0.717, 1.165) is 50.2 Å². The second-order valence-electron chi connectivity index (χ2n) is 7.89. The summed E-state index contributed by atoms with van der Waals surface area (Å²) in [6, 6.07) is 5.39. The SMILES string of the molecule is CCCC1CC(=O)c2ccc(F)c(F)c21.CCCC1CCc2ccc(F)c(F)c21. The topological polar surface area (TPSA) is 17.1 Å². The van der Waals surface area contributed by atoms with Gasteiger partial charge < -0.3 is 0 Å². The largest absolute Gasteiger partial charge is 0.294 e. The number of carbonyl (C=O) groups is 1. The highest BCUT2D eigenvalue weighted by Crippen LogP contribution is 2.39. The molecule has 0 heterocycles. The highest BCUT2D eigenvalue weighted by molar-refractivity contribution is 6.01. The zero-order valence-corrected chi connectivity index (χ0v) is 16.8. The van der Waals surface area contributed by atoms with Crippen molar-refractivity contribution < 1.29 is 22.4 Å². The van der Waals surface area contributed by atoms with Crippen LogP contribution < -0.4 is 0 Å². The molecule has 0 radical (unpaired) electrons. The molecule has 2 unspecified atom stereocenters. The van der Waals surface area contributed by atoms with E-state index in [2.05, 4.69) is 6.92 Å². The van der Waals surface area contributed by atoms with Crippen LogP contribution in [0, 0.1) is 23.3 Å². The summed E-state index contributed by atoms with van der Waals surface area (Å²) in [5.74, 6) is -2.96. The number of ketones is 1. The minimum atomic E-state index is -0.857. The van der Waals surface area contributed by atoms with E-state index in [9.17, 15) is 22.4 Å². The van der Waals surface area contributed by atoms with E-state index in [0.29, 0.717) is 23.1 Å². The summed E-state index contributed by atoms with van der Waals surface area (Å²) < 4.78 is 53.1. The van der Waals surface area contributed by atoms with Crippen LogP contribution in [-0.2, 0) is 6.42 Å². The van der Waals surface area contributed by atoms with Crippen LogP contribution in [0.1, 0.15) is 91.3 Å². The molecule has 2 aromatic rings. The van der Waals surface area contributed by atoms with Crippen molar-refractivity contribution in [2.45, 2.75) is 70.6 Å². The number of fused-ring (bicyclic) bond motifs is 2. The molecule has 2 aromatic carbocycles. The third kappa shape index (κ3) is 4.24. The van der Waals surface area contributed by atoms with Gasteiger partial charge in [-0.25, -0.2) is 17.6 Å². The molecule has 2 aliphatic rings. The molecule has 0 saturated heterocycles. The van der Waals surface area contributed by atoms with Gasteiger partial charge in [-0.1, -0.05) is 32.8 Å². The molecule has 1 nitrogen and oxygen atoms in total. The molecule has 2 aliphatic carbocycles. The van der Waals surface area contributed by atoms with Crippen molar-refractivity contribution in [3.05, 3.63) is 69.8 Å². The van der Waals surface area contributed by atoms with Crippen LogP contribution in [0.15, 0.2) is 24.3 Å². The molecular formula is C24H26F4O. The fourth-order valence-electron chi connectivity index (χ4n) is 4.62. The summed E-state index contributed by atoms with van der Waals surface area (Å²) >= 11 is 0. The second kappa shape index (κ2) is 9.10. The Labute approximate surface area is 169 Å². The van der Waals surface area contributed by atoms with Crippen LogP contribution in [-0.4, -0.2) is 5.78 Å². The van der Waals surface area contributed by atoms with Crippen LogP contribution in [0.25, 0.3) is 0 Å². The molecule has 156 valence electrons. The molecule has 29 heavy (non-hydrogen) atoms. The van der Waals surface area contributed by atoms with Crippen molar-refractivity contribution >= 4 is 5.78 Å². The fourth-order valence-corrected chi connectivity index (χ4v) is 4.62. The summed E-state index contributed by atoms with van der Waals surface area (Å²) in [5, 5.41) is 0. The van der Waals surface area contributed by atoms with E-state index < -0.39 is 23.3 Å². The number of Topliss-reactive ketones (excluding diaryl/α,β-unsaturated/α-hetero) is 1. The summed E-state index contributed by atoms with van der Waals surface area (Å²) in [6.07, 6.45) is 5.80. The smallest absolute Gasteiger partial charge is 0.163 e. The molecule has 0 amide bonds. The lowest BCUT2D eigenvalue weighted by Gasteiger charge is -2.10. The molecule has 0 spiro atoms. The normalized spacial score (nSPS) is 19.6. The zero-order chi connectivity index (χ0) is 21.1. The average molecular weight is 406 g/mol. The predicted molar refractivity (Wildman–Crippen MR) is 105 cm³/mol. The first kappa shape index (κ1) is 21.5. The maximum absolute atomic E-state index is 13.5. The molecule has 0 N–H and O–H groups in total. The van der Waals surface area contributed by atoms with Crippen LogP contribution >= 0.6 is 0 Å². The summed E-state index contributed by atoms with van der Waals surface area (Å²) in [4.78, 5) is 11.5. The van der Waals surface area contributed by atoms with Crippen LogP contribution in [0.3, 0.4) is 0 Å². The average Bonchev–Trinajstić information content (AvgIpc) is 3.24.